The molecule has 3 aliphatic rings. The Morgan fingerprint density at radius 3 is 2.63 bits per heavy atom. The van der Waals surface area contributed by atoms with Gasteiger partial charge >= 0.3 is 0 Å². The fourth-order valence-electron chi connectivity index (χ4n) is 7.15. The largest absolute Gasteiger partial charge is 0.505 e. The molecule has 0 unspecified atom stereocenters. The van der Waals surface area contributed by atoms with E-state index in [1.807, 2.05) is 40.8 Å². The number of aryl methyl sites for hydroxylation is 1. The van der Waals surface area contributed by atoms with Gasteiger partial charge in [-0.15, -0.1) is 0 Å². The molecule has 0 radical (unpaired) electrons. The summed E-state index contributed by atoms with van der Waals surface area (Å²) in [7, 11) is 3.58. The van der Waals surface area contributed by atoms with E-state index in [0.717, 1.165) is 60.3 Å². The second-order valence-corrected chi connectivity index (χ2v) is 12.3. The van der Waals surface area contributed by atoms with E-state index < -0.39 is 5.82 Å². The number of piperidine rings is 1. The number of imidazole rings is 1. The van der Waals surface area contributed by atoms with Crippen LogP contribution in [0.4, 0.5) is 4.39 Å². The van der Waals surface area contributed by atoms with Crippen LogP contribution < -0.4 is 10.5 Å². The van der Waals surface area contributed by atoms with Crippen LogP contribution in [0.25, 0.3) is 44.8 Å². The van der Waals surface area contributed by atoms with Crippen molar-refractivity contribution in [1.29, 1.82) is 0 Å². The van der Waals surface area contributed by atoms with Gasteiger partial charge in [0.25, 0.3) is 5.91 Å². The quantitative estimate of drug-likeness (QED) is 0.290. The molecule has 43 heavy (non-hydrogen) atoms. The second-order valence-electron chi connectivity index (χ2n) is 12.3. The van der Waals surface area contributed by atoms with Crippen molar-refractivity contribution in [3.8, 4) is 34.3 Å². The fraction of sp³-hybridized carbons (Fsp3) is 0.364. The van der Waals surface area contributed by atoms with Crippen LogP contribution in [0, 0.1) is 17.7 Å². The molecule has 9 nitrogen and oxygen atoms in total. The molecule has 3 N–H and O–H groups in total. The molecule has 10 heteroatoms. The number of amides is 1. The van der Waals surface area contributed by atoms with Crippen molar-refractivity contribution in [2.24, 2.45) is 24.6 Å². The third kappa shape index (κ3) is 4.11. The number of aromatic hydroxyl groups is 1. The Kier molecular flexibility index (Phi) is 5.81. The van der Waals surface area contributed by atoms with Gasteiger partial charge in [-0.1, -0.05) is 0 Å². The third-order valence-corrected chi connectivity index (χ3v) is 9.67. The number of carbonyl (C=O) groups is 1. The van der Waals surface area contributed by atoms with E-state index >= 15 is 0 Å². The van der Waals surface area contributed by atoms with Gasteiger partial charge in [-0.05, 0) is 86.1 Å². The molecule has 4 heterocycles. The summed E-state index contributed by atoms with van der Waals surface area (Å²) < 4.78 is 24.2. The monoisotopic (exact) mass is 580 g/mol. The number of halogens is 1. The van der Waals surface area contributed by atoms with E-state index in [-0.39, 0.29) is 23.7 Å². The molecule has 220 valence electrons. The molecule has 0 spiro atoms. The lowest BCUT2D eigenvalue weighted by Gasteiger charge is -2.27. The molecule has 1 amide bonds. The zero-order chi connectivity index (χ0) is 29.6. The van der Waals surface area contributed by atoms with Crippen LogP contribution in [-0.2, 0) is 13.6 Å². The number of hydrogen-bond donors (Lipinski definition) is 2. The number of pyridine rings is 1. The van der Waals surface area contributed by atoms with Gasteiger partial charge in [0.1, 0.15) is 16.9 Å². The van der Waals surface area contributed by atoms with Crippen LogP contribution in [0.15, 0.2) is 48.5 Å². The number of likely N-dealkylation sites (tertiary alicyclic amines) is 1. The summed E-state index contributed by atoms with van der Waals surface area (Å²) in [5.74, 6) is 1.17. The minimum atomic E-state index is -0.681. The van der Waals surface area contributed by atoms with Crippen LogP contribution >= 0.6 is 0 Å². The van der Waals surface area contributed by atoms with Crippen molar-refractivity contribution >= 4 is 28.0 Å². The highest BCUT2D eigenvalue weighted by Crippen LogP contribution is 2.40. The number of nitrogens with zero attached hydrogens (tertiary/aromatic N) is 5. The van der Waals surface area contributed by atoms with Crippen molar-refractivity contribution in [2.75, 3.05) is 13.7 Å². The van der Waals surface area contributed by atoms with Gasteiger partial charge in [0, 0.05) is 48.7 Å². The Bertz CT molecular complexity index is 1940. The molecule has 3 atom stereocenters. The van der Waals surface area contributed by atoms with Crippen LogP contribution in [0.3, 0.4) is 0 Å². The van der Waals surface area contributed by atoms with E-state index in [9.17, 15) is 14.3 Å². The van der Waals surface area contributed by atoms with Crippen molar-refractivity contribution in [2.45, 2.75) is 44.3 Å². The highest BCUT2D eigenvalue weighted by atomic mass is 19.1. The predicted molar refractivity (Wildman–Crippen MR) is 161 cm³/mol. The van der Waals surface area contributed by atoms with E-state index in [4.69, 9.17) is 20.4 Å². The first-order chi connectivity index (χ1) is 20.8. The van der Waals surface area contributed by atoms with Gasteiger partial charge in [-0.2, -0.15) is 0 Å². The van der Waals surface area contributed by atoms with Crippen LogP contribution in [0.1, 0.15) is 36.0 Å². The number of aromatic nitrogens is 4. The Morgan fingerprint density at radius 2 is 1.93 bits per heavy atom. The average molecular weight is 581 g/mol. The van der Waals surface area contributed by atoms with E-state index in [1.54, 1.807) is 13.2 Å². The molecular formula is C33H33FN6O3. The van der Waals surface area contributed by atoms with Gasteiger partial charge in [-0.25, -0.2) is 14.4 Å². The highest BCUT2D eigenvalue weighted by molar-refractivity contribution is 6.00. The summed E-state index contributed by atoms with van der Waals surface area (Å²) in [5.41, 5.74) is 11.4. The van der Waals surface area contributed by atoms with Crippen LogP contribution in [0.2, 0.25) is 0 Å². The Labute approximate surface area is 247 Å². The lowest BCUT2D eigenvalue weighted by atomic mass is 10.1. The Morgan fingerprint density at radius 1 is 1.09 bits per heavy atom. The molecular weight excluding hydrogens is 547 g/mol. The standard InChI is InChI=1S/C33H33FN6O3/c1-38-30-24(12-21(14-28(30)43-2)33(42)40-16-20-6-9-25(40)29(20)35)37-32(38)26-13-19-5-8-23(18-7-10-27(41)22(34)11-18)36-31(19)39(26)15-17-3-4-17/h5,7-8,10-14,17,20,25,29,41H,3-4,6,9,15-16,35H2,1-2H3/t20-,25-,29-/m1/s1. The second kappa shape index (κ2) is 9.54. The fourth-order valence-corrected chi connectivity index (χ4v) is 7.15. The van der Waals surface area contributed by atoms with E-state index in [2.05, 4.69) is 10.6 Å². The van der Waals surface area contributed by atoms with Gasteiger partial charge < -0.3 is 29.6 Å². The summed E-state index contributed by atoms with van der Waals surface area (Å²) >= 11 is 0. The molecule has 1 saturated heterocycles. The number of fused-ring (bicyclic) bond motifs is 4. The third-order valence-electron chi connectivity index (χ3n) is 9.67. The molecule has 8 rings (SSSR count). The van der Waals surface area contributed by atoms with Crippen molar-refractivity contribution in [3.05, 3.63) is 59.9 Å². The number of phenols is 1. The zero-order valence-corrected chi connectivity index (χ0v) is 24.1. The number of phenolic OH excluding ortho intramolecular Hbond substituents is 1. The smallest absolute Gasteiger partial charge is 0.254 e. The maximum atomic E-state index is 14.2. The summed E-state index contributed by atoms with van der Waals surface area (Å²) in [6, 6.07) is 14.1. The van der Waals surface area contributed by atoms with Gasteiger partial charge in [-0.3, -0.25) is 4.79 Å². The molecule has 1 aliphatic heterocycles. The van der Waals surface area contributed by atoms with Gasteiger partial charge in [0.2, 0.25) is 0 Å². The number of nitrogens with two attached hydrogens (primary N) is 1. The number of hydrogen-bond acceptors (Lipinski definition) is 6. The summed E-state index contributed by atoms with van der Waals surface area (Å²) in [5, 5.41) is 10.6. The Hall–Kier alpha value is -4.44. The number of rotatable bonds is 6. The lowest BCUT2D eigenvalue weighted by molar-refractivity contribution is 0.0700. The molecule has 5 aromatic rings. The number of methoxy groups -OCH3 is 1. The summed E-state index contributed by atoms with van der Waals surface area (Å²) in [6.07, 6.45) is 4.35. The van der Waals surface area contributed by atoms with Crippen LogP contribution in [-0.4, -0.2) is 60.8 Å². The van der Waals surface area contributed by atoms with Crippen molar-refractivity contribution < 1.29 is 19.0 Å². The average Bonchev–Trinajstić information content (AvgIpc) is 3.42. The zero-order valence-electron chi connectivity index (χ0n) is 24.1. The van der Waals surface area contributed by atoms with E-state index in [0.29, 0.717) is 46.5 Å². The minimum absolute atomic E-state index is 0.0275. The maximum absolute atomic E-state index is 14.2. The highest BCUT2D eigenvalue weighted by Gasteiger charge is 2.47. The SMILES string of the molecule is COc1cc(C(=O)N2C[C@H]3CC[C@@H]2[C@@H]3N)cc2nc(-c3cc4ccc(-c5ccc(O)c(F)c5)nc4n3CC3CC3)n(C)c12. The Balaban J connectivity index is 1.24. The maximum Gasteiger partial charge on any atom is 0.254 e. The van der Waals surface area contributed by atoms with Crippen LogP contribution in [0.5, 0.6) is 11.5 Å². The molecule has 3 aromatic heterocycles. The predicted octanol–water partition coefficient (Wildman–Crippen LogP) is 5.08. The summed E-state index contributed by atoms with van der Waals surface area (Å²) in [4.78, 5) is 25.6. The van der Waals surface area contributed by atoms with Crippen molar-refractivity contribution in [1.82, 2.24) is 24.0 Å². The number of ether oxygens (including phenoxy) is 1. The molecule has 3 fully saturated rings. The normalized spacial score (nSPS) is 21.4. The first kappa shape index (κ1) is 26.2. The first-order valence-electron chi connectivity index (χ1n) is 14.9. The number of carbonyl (C=O) groups excluding carboxylic acids is 1. The van der Waals surface area contributed by atoms with Gasteiger partial charge in [0.05, 0.1) is 24.0 Å². The molecule has 2 bridgehead atoms. The summed E-state index contributed by atoms with van der Waals surface area (Å²) in [6.45, 7) is 1.49. The topological polar surface area (TPSA) is 111 Å². The molecule has 2 aliphatic carbocycles. The number of benzene rings is 2. The lowest BCUT2D eigenvalue weighted by Crippen LogP contribution is -2.41. The van der Waals surface area contributed by atoms with E-state index in [1.165, 1.54) is 12.1 Å². The van der Waals surface area contributed by atoms with Gasteiger partial charge in [0.15, 0.2) is 17.4 Å². The first-order valence-corrected chi connectivity index (χ1v) is 14.9. The minimum Gasteiger partial charge on any atom is -0.505 e. The van der Waals surface area contributed by atoms with Crippen molar-refractivity contribution in [3.63, 3.8) is 0 Å². The molecule has 2 aromatic carbocycles. The molecule has 2 saturated carbocycles.